The Bertz CT molecular complexity index is 1790. The largest absolute Gasteiger partial charge is 0.480 e. The van der Waals surface area contributed by atoms with E-state index in [1.807, 2.05) is 50.3 Å². The van der Waals surface area contributed by atoms with Gasteiger partial charge in [-0.3, -0.25) is 29.0 Å². The van der Waals surface area contributed by atoms with Crippen LogP contribution in [0.1, 0.15) is 72.3 Å². The molecule has 1 heterocycles. The summed E-state index contributed by atoms with van der Waals surface area (Å²) in [5.74, 6) is -9.73. The number of carbonyl (C=O) groups excluding carboxylic acids is 5. The summed E-state index contributed by atoms with van der Waals surface area (Å²) in [7, 11) is 2.89. The number of nitrogens with one attached hydrogen (secondary N) is 4. The lowest BCUT2D eigenvalue weighted by Crippen LogP contribution is -2.56. The van der Waals surface area contributed by atoms with Crippen molar-refractivity contribution in [1.29, 1.82) is 0 Å². The molecule has 5 amide bonds. The number of amides is 5. The van der Waals surface area contributed by atoms with Crippen LogP contribution in [0.4, 0.5) is 0 Å². The number of benzene rings is 1. The lowest BCUT2D eigenvalue weighted by Gasteiger charge is -2.28. The fourth-order valence-electron chi connectivity index (χ4n) is 6.55. The smallest absolute Gasteiger partial charge is 0.327 e. The predicted octanol–water partition coefficient (Wildman–Crippen LogP) is 1.36. The van der Waals surface area contributed by atoms with E-state index in [1.54, 1.807) is 19.3 Å². The third-order valence-electron chi connectivity index (χ3n) is 10.3. The zero-order valence-electron chi connectivity index (χ0n) is 35.5. The van der Waals surface area contributed by atoms with Gasteiger partial charge in [-0.05, 0) is 51.5 Å². The Balaban J connectivity index is 2.63. The highest BCUT2D eigenvalue weighted by Crippen LogP contribution is 2.19. The molecule has 10 N–H and O–H groups in total. The number of nitrogens with zero attached hydrogens (tertiary/aromatic N) is 2. The van der Waals surface area contributed by atoms with Crippen LogP contribution in [0, 0.1) is 17.8 Å². The number of likely N-dealkylation sites (N-methyl/N-ethyl adjacent to an activating group) is 1. The van der Waals surface area contributed by atoms with E-state index in [2.05, 4.69) is 26.3 Å². The van der Waals surface area contributed by atoms with Crippen LogP contribution in [0.15, 0.2) is 70.9 Å². The molecule has 18 nitrogen and oxygen atoms in total. The van der Waals surface area contributed by atoms with Gasteiger partial charge in [-0.1, -0.05) is 81.0 Å². The molecule has 330 valence electrons. The number of carboxylic acids is 2. The molecule has 1 aliphatic heterocycles. The van der Waals surface area contributed by atoms with Gasteiger partial charge in [0, 0.05) is 33.0 Å². The molecule has 2 rings (SSSR count). The van der Waals surface area contributed by atoms with E-state index < -0.39 is 83.9 Å². The third kappa shape index (κ3) is 16.0. The minimum Gasteiger partial charge on any atom is -0.480 e. The summed E-state index contributed by atoms with van der Waals surface area (Å²) < 4.78 is 5.80. The van der Waals surface area contributed by atoms with E-state index in [-0.39, 0.29) is 43.1 Å². The van der Waals surface area contributed by atoms with E-state index in [1.165, 1.54) is 33.9 Å². The Kier molecular flexibility index (Phi) is 20.7. The first-order valence-electron chi connectivity index (χ1n) is 19.9. The van der Waals surface area contributed by atoms with Gasteiger partial charge in [0.2, 0.25) is 23.6 Å². The van der Waals surface area contributed by atoms with E-state index in [0.29, 0.717) is 19.3 Å². The standard InChI is InChI=1S/C42H62N8O10/c1-8-32-39(55)49-35(41(58)59)27(5)37(53)47-30(16-12-13-21-45-42(43)44)38(54)46-29(26(4)36(52)48-31(40(56)57)19-20-34(51)50(32)6)18-17-24(2)22-25(3)33(60-7)23-28-14-10-9-11-15-28/h8-11,14-15,17-18,22,25-27,29-31,33,35H,12-13,16,19-21,23H2,1-7H3,(H,46,54)(H,47,53)(H,48,52)(H,49,55)(H,56,57)(H,58,59)(H4,43,44,45)/b18-17+,24-22+,32-8-/t25-,26-,27-,29-,30?,31?,33-,35?/m0/s1. The van der Waals surface area contributed by atoms with Crippen LogP contribution in [-0.2, 0) is 44.7 Å². The van der Waals surface area contributed by atoms with Gasteiger partial charge in [0.1, 0.15) is 23.8 Å². The van der Waals surface area contributed by atoms with Gasteiger partial charge in [-0.25, -0.2) is 9.59 Å². The number of carbonyl (C=O) groups is 7. The molecule has 1 aliphatic rings. The lowest BCUT2D eigenvalue weighted by molar-refractivity contribution is -0.146. The molecule has 0 spiro atoms. The van der Waals surface area contributed by atoms with Crippen LogP contribution < -0.4 is 32.7 Å². The Labute approximate surface area is 351 Å². The molecule has 1 fully saturated rings. The summed E-state index contributed by atoms with van der Waals surface area (Å²) in [6, 6.07) is 4.21. The molecule has 0 saturated carbocycles. The molecule has 0 aliphatic carbocycles. The summed E-state index contributed by atoms with van der Waals surface area (Å²) in [5.41, 5.74) is 12.5. The molecule has 1 aromatic rings. The van der Waals surface area contributed by atoms with Gasteiger partial charge < -0.3 is 52.6 Å². The van der Waals surface area contributed by atoms with Crippen LogP contribution >= 0.6 is 0 Å². The van der Waals surface area contributed by atoms with Crippen molar-refractivity contribution in [2.75, 3.05) is 20.7 Å². The number of carboxylic acid groups (broad SMARTS) is 2. The van der Waals surface area contributed by atoms with E-state index in [0.717, 1.165) is 16.0 Å². The highest BCUT2D eigenvalue weighted by atomic mass is 16.5. The molecular formula is C42H62N8O10. The Morgan fingerprint density at radius 3 is 2.18 bits per heavy atom. The molecule has 8 atom stereocenters. The Hall–Kier alpha value is -6.04. The highest BCUT2D eigenvalue weighted by molar-refractivity contribution is 6.00. The van der Waals surface area contributed by atoms with Crippen LogP contribution in [0.5, 0.6) is 0 Å². The van der Waals surface area contributed by atoms with Gasteiger partial charge in [-0.2, -0.15) is 0 Å². The molecule has 1 saturated heterocycles. The molecule has 0 aromatic heterocycles. The molecule has 18 heteroatoms. The number of guanidine groups is 1. The minimum atomic E-state index is -1.79. The molecule has 0 radical (unpaired) electrons. The van der Waals surface area contributed by atoms with Crippen LogP contribution in [0.2, 0.25) is 0 Å². The highest BCUT2D eigenvalue weighted by Gasteiger charge is 2.36. The summed E-state index contributed by atoms with van der Waals surface area (Å²) in [6.45, 7) is 8.26. The number of ether oxygens (including phenoxy) is 1. The van der Waals surface area contributed by atoms with Crippen molar-refractivity contribution in [3.63, 3.8) is 0 Å². The number of nitrogens with two attached hydrogens (primary N) is 2. The van der Waals surface area contributed by atoms with Crippen molar-refractivity contribution in [2.24, 2.45) is 34.2 Å². The van der Waals surface area contributed by atoms with E-state index in [4.69, 9.17) is 16.2 Å². The number of rotatable bonds is 14. The van der Waals surface area contributed by atoms with Gasteiger partial charge in [0.05, 0.1) is 24.0 Å². The molecule has 3 unspecified atom stereocenters. The average Bonchev–Trinajstić information content (AvgIpc) is 3.20. The van der Waals surface area contributed by atoms with E-state index >= 15 is 0 Å². The SMILES string of the molecule is C/C=C1/C(=O)NC(C(=O)O)[C@H](C)C(=O)NC(CCCCN=C(N)N)C(=O)N[C@@H](/C=C/C(C)=C/[C@H](C)[C@H](Cc2ccccc2)OC)[C@H](C)C(=O)NC(C(=O)O)CCC(=O)N1C. The number of allylic oxidation sites excluding steroid dienone is 3. The number of methoxy groups -OCH3 is 1. The van der Waals surface area contributed by atoms with Gasteiger partial charge >= 0.3 is 11.9 Å². The Morgan fingerprint density at radius 1 is 0.950 bits per heavy atom. The normalized spacial score (nSPS) is 24.9. The number of unbranched alkanes of at least 4 members (excludes halogenated alkanes) is 1. The fraction of sp³-hybridized carbons (Fsp3) is 0.524. The summed E-state index contributed by atoms with van der Waals surface area (Å²) in [6.07, 6.45) is 7.02. The second-order valence-electron chi connectivity index (χ2n) is 14.9. The topological polar surface area (TPSA) is 285 Å². The maximum atomic E-state index is 14.1. The van der Waals surface area contributed by atoms with Crippen molar-refractivity contribution in [3.05, 3.63) is 71.5 Å². The second-order valence-corrected chi connectivity index (χ2v) is 14.9. The summed E-state index contributed by atoms with van der Waals surface area (Å²) in [4.78, 5) is 97.8. The van der Waals surface area contributed by atoms with Crippen molar-refractivity contribution in [3.8, 4) is 0 Å². The number of hydrogen-bond donors (Lipinski definition) is 8. The molecule has 0 bridgehead atoms. The first-order chi connectivity index (χ1) is 28.3. The maximum absolute atomic E-state index is 14.1. The lowest BCUT2D eigenvalue weighted by atomic mass is 9.94. The zero-order chi connectivity index (χ0) is 45.1. The predicted molar refractivity (Wildman–Crippen MR) is 225 cm³/mol. The average molecular weight is 839 g/mol. The van der Waals surface area contributed by atoms with Gasteiger partial charge in [0.15, 0.2) is 5.96 Å². The number of hydrogen-bond acceptors (Lipinski definition) is 9. The first kappa shape index (κ1) is 50.1. The quantitative estimate of drug-likeness (QED) is 0.0434. The molecular weight excluding hydrogens is 777 g/mol. The second kappa shape index (κ2) is 24.8. The summed E-state index contributed by atoms with van der Waals surface area (Å²) in [5, 5.41) is 30.3. The van der Waals surface area contributed by atoms with Crippen molar-refractivity contribution < 1.29 is 48.5 Å². The number of aliphatic imine (C=N–C) groups is 1. The first-order valence-corrected chi connectivity index (χ1v) is 19.9. The van der Waals surface area contributed by atoms with Crippen LogP contribution in [0.3, 0.4) is 0 Å². The maximum Gasteiger partial charge on any atom is 0.327 e. The summed E-state index contributed by atoms with van der Waals surface area (Å²) >= 11 is 0. The van der Waals surface area contributed by atoms with Crippen molar-refractivity contribution in [2.45, 2.75) is 103 Å². The van der Waals surface area contributed by atoms with Crippen LogP contribution in [-0.4, -0.2) is 114 Å². The molecule has 1 aromatic carbocycles. The van der Waals surface area contributed by atoms with Crippen molar-refractivity contribution in [1.82, 2.24) is 26.2 Å². The third-order valence-corrected chi connectivity index (χ3v) is 10.3. The minimum absolute atomic E-state index is 0.0401. The van der Waals surface area contributed by atoms with Crippen molar-refractivity contribution >= 4 is 47.4 Å². The molecule has 60 heavy (non-hydrogen) atoms. The van der Waals surface area contributed by atoms with Crippen LogP contribution in [0.25, 0.3) is 0 Å². The fourth-order valence-corrected chi connectivity index (χ4v) is 6.55. The number of aliphatic carboxylic acids is 2. The van der Waals surface area contributed by atoms with E-state index in [9.17, 15) is 43.8 Å². The monoisotopic (exact) mass is 838 g/mol. The zero-order valence-corrected chi connectivity index (χ0v) is 35.5. The van der Waals surface area contributed by atoms with Gasteiger partial charge in [0.25, 0.3) is 5.91 Å². The Morgan fingerprint density at radius 2 is 1.60 bits per heavy atom. The van der Waals surface area contributed by atoms with Gasteiger partial charge in [-0.15, -0.1) is 0 Å².